The molecule has 0 aliphatic rings. The maximum atomic E-state index is 11.4. The second kappa shape index (κ2) is 5.72. The highest BCUT2D eigenvalue weighted by atomic mass is 32.2. The molecule has 1 aromatic rings. The lowest BCUT2D eigenvalue weighted by atomic mass is 10.3. The van der Waals surface area contributed by atoms with Gasteiger partial charge in [-0.3, -0.25) is 4.57 Å². The van der Waals surface area contributed by atoms with Crippen molar-refractivity contribution in [1.29, 1.82) is 0 Å². The lowest BCUT2D eigenvalue weighted by Gasteiger charge is -2.07. The number of aliphatic carboxylic acids is 1. The van der Waals surface area contributed by atoms with E-state index >= 15 is 0 Å². The van der Waals surface area contributed by atoms with Gasteiger partial charge in [-0.15, -0.1) is 5.10 Å². The van der Waals surface area contributed by atoms with Gasteiger partial charge in [0.15, 0.2) is 5.16 Å². The Morgan fingerprint density at radius 3 is 2.82 bits per heavy atom. The minimum atomic E-state index is -0.936. The van der Waals surface area contributed by atoms with Crippen molar-refractivity contribution in [2.75, 3.05) is 5.75 Å². The van der Waals surface area contributed by atoms with Crippen molar-refractivity contribution >= 4 is 17.7 Å². The first-order chi connectivity index (χ1) is 7.93. The molecule has 0 saturated heterocycles. The van der Waals surface area contributed by atoms with Crippen molar-refractivity contribution in [3.63, 3.8) is 0 Å². The zero-order valence-electron chi connectivity index (χ0n) is 9.93. The minimum absolute atomic E-state index is 0.0216. The second-order valence-electron chi connectivity index (χ2n) is 3.78. The third kappa shape index (κ3) is 3.48. The molecule has 0 aromatic carbocycles. The maximum Gasteiger partial charge on any atom is 0.344 e. The Morgan fingerprint density at radius 1 is 1.65 bits per heavy atom. The fourth-order valence-corrected chi connectivity index (χ4v) is 2.20. The molecule has 0 spiro atoms. The van der Waals surface area contributed by atoms with E-state index in [1.165, 1.54) is 23.3 Å². The van der Waals surface area contributed by atoms with Crippen LogP contribution < -0.4 is 5.69 Å². The summed E-state index contributed by atoms with van der Waals surface area (Å²) in [4.78, 5) is 22.0. The average molecular weight is 257 g/mol. The average Bonchev–Trinajstić information content (AvgIpc) is 2.59. The number of rotatable bonds is 5. The number of thioether (sulfide) groups is 1. The summed E-state index contributed by atoms with van der Waals surface area (Å²) in [6.07, 6.45) is 1.59. The van der Waals surface area contributed by atoms with E-state index < -0.39 is 5.97 Å². The van der Waals surface area contributed by atoms with Crippen LogP contribution in [0, 0.1) is 0 Å². The predicted octanol–water partition coefficient (Wildman–Crippen LogP) is 1.28. The fourth-order valence-electron chi connectivity index (χ4n) is 1.18. The molecule has 0 amide bonds. The number of hydrogen-bond acceptors (Lipinski definition) is 4. The Hall–Kier alpha value is -1.50. The zero-order chi connectivity index (χ0) is 13.0. The molecular formula is C10H15N3O3S. The van der Waals surface area contributed by atoms with Crippen LogP contribution in [0.15, 0.2) is 21.6 Å². The van der Waals surface area contributed by atoms with Crippen molar-refractivity contribution in [2.24, 2.45) is 0 Å². The first-order valence-corrected chi connectivity index (χ1v) is 6.11. The molecule has 7 heteroatoms. The summed E-state index contributed by atoms with van der Waals surface area (Å²) in [6.45, 7) is 5.31. The molecule has 0 aliphatic heterocycles. The van der Waals surface area contributed by atoms with Gasteiger partial charge in [-0.05, 0) is 20.8 Å². The fraction of sp³-hybridized carbons (Fsp3) is 0.500. The Balaban J connectivity index is 2.74. The van der Waals surface area contributed by atoms with Crippen LogP contribution in [-0.4, -0.2) is 31.6 Å². The van der Waals surface area contributed by atoms with Gasteiger partial charge in [-0.2, -0.15) is 0 Å². The van der Waals surface area contributed by atoms with Crippen molar-refractivity contribution in [3.05, 3.63) is 22.1 Å². The van der Waals surface area contributed by atoms with Gasteiger partial charge in [-0.1, -0.05) is 17.8 Å². The monoisotopic (exact) mass is 257 g/mol. The standard InChI is InChI=1S/C10H15N3O3S/c1-6(2)13-9(16)11-12-10(13)17-5-4-7(3)8(14)15/h4,6H,5H2,1-3H3,(H,11,16)(H,14,15). The Bertz CT molecular complexity index is 487. The number of nitrogens with zero attached hydrogens (tertiary/aromatic N) is 2. The van der Waals surface area contributed by atoms with Crippen molar-refractivity contribution < 1.29 is 9.90 Å². The van der Waals surface area contributed by atoms with E-state index in [4.69, 9.17) is 5.11 Å². The normalized spacial score (nSPS) is 12.1. The summed E-state index contributed by atoms with van der Waals surface area (Å²) in [5.74, 6) is -0.469. The highest BCUT2D eigenvalue weighted by Crippen LogP contribution is 2.17. The van der Waals surface area contributed by atoms with Crippen LogP contribution in [0.5, 0.6) is 0 Å². The lowest BCUT2D eigenvalue weighted by Crippen LogP contribution is -2.19. The molecule has 0 unspecified atom stereocenters. The third-order valence-electron chi connectivity index (χ3n) is 2.13. The van der Waals surface area contributed by atoms with E-state index in [9.17, 15) is 9.59 Å². The molecule has 0 bridgehead atoms. The molecule has 1 heterocycles. The van der Waals surface area contributed by atoms with Crippen LogP contribution in [-0.2, 0) is 4.79 Å². The molecule has 2 N–H and O–H groups in total. The molecule has 94 valence electrons. The van der Waals surface area contributed by atoms with Crippen molar-refractivity contribution in [1.82, 2.24) is 14.8 Å². The Labute approximate surface area is 103 Å². The van der Waals surface area contributed by atoms with E-state index in [1.54, 1.807) is 6.08 Å². The van der Waals surface area contributed by atoms with E-state index in [0.717, 1.165) is 0 Å². The number of carboxylic acid groups (broad SMARTS) is 1. The van der Waals surface area contributed by atoms with Gasteiger partial charge >= 0.3 is 11.7 Å². The van der Waals surface area contributed by atoms with Crippen LogP contribution in [0.2, 0.25) is 0 Å². The van der Waals surface area contributed by atoms with Gasteiger partial charge in [0.25, 0.3) is 0 Å². The maximum absolute atomic E-state index is 11.4. The van der Waals surface area contributed by atoms with E-state index in [0.29, 0.717) is 10.9 Å². The smallest absolute Gasteiger partial charge is 0.344 e. The highest BCUT2D eigenvalue weighted by molar-refractivity contribution is 7.99. The van der Waals surface area contributed by atoms with Crippen LogP contribution in [0.4, 0.5) is 0 Å². The van der Waals surface area contributed by atoms with Gasteiger partial charge in [0, 0.05) is 17.4 Å². The number of carbonyl (C=O) groups is 1. The SMILES string of the molecule is CC(=CCSc1n[nH]c(=O)n1C(C)C)C(=O)O. The van der Waals surface area contributed by atoms with Gasteiger partial charge < -0.3 is 5.11 Å². The summed E-state index contributed by atoms with van der Waals surface area (Å²) in [7, 11) is 0. The summed E-state index contributed by atoms with van der Waals surface area (Å²) in [5, 5.41) is 15.5. The number of carboxylic acids is 1. The molecule has 17 heavy (non-hydrogen) atoms. The van der Waals surface area contributed by atoms with Gasteiger partial charge in [-0.25, -0.2) is 14.7 Å². The topological polar surface area (TPSA) is 88.0 Å². The minimum Gasteiger partial charge on any atom is -0.478 e. The number of aromatic amines is 1. The Kier molecular flexibility index (Phi) is 4.56. The van der Waals surface area contributed by atoms with Crippen LogP contribution in [0.25, 0.3) is 0 Å². The molecule has 0 fully saturated rings. The zero-order valence-corrected chi connectivity index (χ0v) is 10.7. The second-order valence-corrected chi connectivity index (χ2v) is 4.77. The van der Waals surface area contributed by atoms with E-state index in [-0.39, 0.29) is 17.3 Å². The molecule has 0 saturated carbocycles. The van der Waals surface area contributed by atoms with E-state index in [2.05, 4.69) is 10.2 Å². The molecule has 1 aromatic heterocycles. The third-order valence-corrected chi connectivity index (χ3v) is 3.01. The van der Waals surface area contributed by atoms with E-state index in [1.807, 2.05) is 13.8 Å². The number of nitrogens with one attached hydrogen (secondary N) is 1. The number of hydrogen-bond donors (Lipinski definition) is 2. The summed E-state index contributed by atoms with van der Waals surface area (Å²) in [5.41, 5.74) is 0.0351. The van der Waals surface area contributed by atoms with Crippen LogP contribution in [0.1, 0.15) is 26.8 Å². The Morgan fingerprint density at radius 2 is 2.29 bits per heavy atom. The molecule has 0 radical (unpaired) electrons. The van der Waals surface area contributed by atoms with Crippen LogP contribution in [0.3, 0.4) is 0 Å². The molecule has 1 rings (SSSR count). The first-order valence-electron chi connectivity index (χ1n) is 5.13. The molecule has 6 nitrogen and oxygen atoms in total. The van der Waals surface area contributed by atoms with Gasteiger partial charge in [0.05, 0.1) is 0 Å². The van der Waals surface area contributed by atoms with Crippen molar-refractivity contribution in [2.45, 2.75) is 32.0 Å². The molecule has 0 atom stereocenters. The molecular weight excluding hydrogens is 242 g/mol. The molecule has 0 aliphatic carbocycles. The van der Waals surface area contributed by atoms with Crippen molar-refractivity contribution in [3.8, 4) is 0 Å². The predicted molar refractivity (Wildman–Crippen MR) is 65.3 cm³/mol. The van der Waals surface area contributed by atoms with Crippen LogP contribution >= 0.6 is 11.8 Å². The number of H-pyrrole nitrogens is 1. The quantitative estimate of drug-likeness (QED) is 0.612. The summed E-state index contributed by atoms with van der Waals surface area (Å²) < 4.78 is 1.54. The number of aromatic nitrogens is 3. The van der Waals surface area contributed by atoms with Gasteiger partial charge in [0.1, 0.15) is 0 Å². The lowest BCUT2D eigenvalue weighted by molar-refractivity contribution is -0.132. The largest absolute Gasteiger partial charge is 0.478 e. The highest BCUT2D eigenvalue weighted by Gasteiger charge is 2.11. The summed E-state index contributed by atoms with van der Waals surface area (Å²) >= 11 is 1.32. The first kappa shape index (κ1) is 13.6. The van der Waals surface area contributed by atoms with Gasteiger partial charge in [0.2, 0.25) is 0 Å². The summed E-state index contributed by atoms with van der Waals surface area (Å²) in [6, 6.07) is 0.0216.